The van der Waals surface area contributed by atoms with E-state index < -0.39 is 21.7 Å². The van der Waals surface area contributed by atoms with Gasteiger partial charge in [0.05, 0.1) is 5.51 Å². The average Bonchev–Trinajstić information content (AvgIpc) is 2.91. The highest BCUT2D eigenvalue weighted by Crippen LogP contribution is 2.30. The molecule has 1 aliphatic rings. The lowest BCUT2D eigenvalue weighted by Crippen LogP contribution is -2.43. The van der Waals surface area contributed by atoms with Crippen LogP contribution in [0, 0.1) is 5.41 Å². The largest absolute Gasteiger partial charge is 0.476 e. The van der Waals surface area contributed by atoms with Crippen molar-refractivity contribution in [1.82, 2.24) is 14.6 Å². The van der Waals surface area contributed by atoms with Crippen LogP contribution in [-0.4, -0.2) is 56.1 Å². The highest BCUT2D eigenvalue weighted by Gasteiger charge is 2.32. The van der Waals surface area contributed by atoms with Crippen molar-refractivity contribution in [2.75, 3.05) is 26.7 Å². The summed E-state index contributed by atoms with van der Waals surface area (Å²) in [6, 6.07) is 0. The Hall–Kier alpha value is -1.03. The zero-order valence-corrected chi connectivity index (χ0v) is 13.6. The molecule has 0 radical (unpaired) electrons. The van der Waals surface area contributed by atoms with Crippen molar-refractivity contribution in [2.45, 2.75) is 24.0 Å². The van der Waals surface area contributed by atoms with Crippen LogP contribution in [0.25, 0.3) is 0 Å². The Labute approximate surface area is 128 Å². The van der Waals surface area contributed by atoms with Crippen LogP contribution in [0.4, 0.5) is 0 Å². The first kappa shape index (κ1) is 16.3. The number of rotatable bonds is 5. The third-order valence-electron chi connectivity index (χ3n) is 3.86. The van der Waals surface area contributed by atoms with Crippen LogP contribution >= 0.6 is 11.3 Å². The normalized spacial score (nSPS) is 19.5. The van der Waals surface area contributed by atoms with Crippen LogP contribution in [-0.2, 0) is 10.0 Å². The van der Waals surface area contributed by atoms with Crippen molar-refractivity contribution in [1.29, 1.82) is 0 Å². The van der Waals surface area contributed by atoms with Gasteiger partial charge in [-0.2, -0.15) is 0 Å². The van der Waals surface area contributed by atoms with Gasteiger partial charge in [-0.05, 0) is 38.4 Å². The predicted octanol–water partition coefficient (Wildman–Crippen LogP) is 0.851. The highest BCUT2D eigenvalue weighted by molar-refractivity contribution is 7.91. The topological polar surface area (TPSA) is 99.6 Å². The number of sulfonamides is 1. The SMILES string of the molecule is CN1CCC(C)(CNS(=O)(=O)c2scnc2C(=O)O)CC1. The minimum atomic E-state index is -3.83. The summed E-state index contributed by atoms with van der Waals surface area (Å²) in [6.07, 6.45) is 1.81. The molecule has 0 amide bonds. The number of piperidine rings is 1. The number of likely N-dealkylation sites (tertiary alicyclic amines) is 1. The van der Waals surface area contributed by atoms with E-state index in [2.05, 4.69) is 14.6 Å². The molecule has 118 valence electrons. The van der Waals surface area contributed by atoms with E-state index in [9.17, 15) is 13.2 Å². The Bertz CT molecular complexity index is 618. The van der Waals surface area contributed by atoms with Gasteiger partial charge in [0.25, 0.3) is 10.0 Å². The molecule has 1 saturated heterocycles. The summed E-state index contributed by atoms with van der Waals surface area (Å²) >= 11 is 0.820. The molecule has 0 aromatic carbocycles. The number of nitrogens with one attached hydrogen (secondary N) is 1. The Morgan fingerprint density at radius 1 is 1.52 bits per heavy atom. The molecule has 0 unspecified atom stereocenters. The lowest BCUT2D eigenvalue weighted by molar-refractivity contribution is 0.0687. The molecule has 1 aromatic rings. The second-order valence-corrected chi connectivity index (χ2v) is 8.55. The molecule has 0 spiro atoms. The standard InChI is InChI=1S/C12H19N3O4S2/c1-12(3-5-15(2)6-4-12)7-14-21(18,19)11-9(10(16)17)13-8-20-11/h8,14H,3-7H2,1-2H3,(H,16,17). The third-order valence-corrected chi connectivity index (χ3v) is 6.64. The van der Waals surface area contributed by atoms with Crippen molar-refractivity contribution in [3.8, 4) is 0 Å². The van der Waals surface area contributed by atoms with Gasteiger partial charge in [0.1, 0.15) is 0 Å². The zero-order valence-electron chi connectivity index (χ0n) is 12.0. The van der Waals surface area contributed by atoms with Gasteiger partial charge in [-0.25, -0.2) is 22.9 Å². The van der Waals surface area contributed by atoms with E-state index >= 15 is 0 Å². The van der Waals surface area contributed by atoms with Crippen molar-refractivity contribution >= 4 is 27.3 Å². The van der Waals surface area contributed by atoms with Crippen molar-refractivity contribution in [3.63, 3.8) is 0 Å². The van der Waals surface area contributed by atoms with Gasteiger partial charge < -0.3 is 10.0 Å². The molecule has 0 atom stereocenters. The third kappa shape index (κ3) is 3.79. The summed E-state index contributed by atoms with van der Waals surface area (Å²) in [5, 5.41) is 8.96. The maximum Gasteiger partial charge on any atom is 0.356 e. The van der Waals surface area contributed by atoms with E-state index in [1.807, 2.05) is 14.0 Å². The van der Waals surface area contributed by atoms with Crippen molar-refractivity contribution < 1.29 is 18.3 Å². The number of carboxylic acids is 1. The van der Waals surface area contributed by atoms with E-state index in [-0.39, 0.29) is 9.62 Å². The maximum absolute atomic E-state index is 12.3. The van der Waals surface area contributed by atoms with E-state index in [0.717, 1.165) is 37.3 Å². The molecule has 0 saturated carbocycles. The molecule has 0 aliphatic carbocycles. The quantitative estimate of drug-likeness (QED) is 0.829. The second-order valence-electron chi connectivity index (χ2n) is 5.73. The Morgan fingerprint density at radius 2 is 2.14 bits per heavy atom. The monoisotopic (exact) mass is 333 g/mol. The van der Waals surface area contributed by atoms with Gasteiger partial charge >= 0.3 is 5.97 Å². The molecule has 1 aromatic heterocycles. The summed E-state index contributed by atoms with van der Waals surface area (Å²) in [5.74, 6) is -1.33. The molecule has 0 bridgehead atoms. The van der Waals surface area contributed by atoms with Crippen molar-refractivity contribution in [3.05, 3.63) is 11.2 Å². The summed E-state index contributed by atoms with van der Waals surface area (Å²) in [5.41, 5.74) is 0.712. The molecule has 21 heavy (non-hydrogen) atoms. The lowest BCUT2D eigenvalue weighted by Gasteiger charge is -2.37. The minimum absolute atomic E-state index is 0.104. The molecule has 2 N–H and O–H groups in total. The van der Waals surface area contributed by atoms with E-state index in [1.54, 1.807) is 0 Å². The summed E-state index contributed by atoms with van der Waals surface area (Å²) in [7, 11) is -1.79. The first-order valence-corrected chi connectivity index (χ1v) is 8.95. The number of carboxylic acid groups (broad SMARTS) is 1. The van der Waals surface area contributed by atoms with Crippen LogP contribution in [0.15, 0.2) is 9.72 Å². The summed E-state index contributed by atoms with van der Waals surface area (Å²) in [6.45, 7) is 4.21. The molecule has 9 heteroatoms. The second kappa shape index (κ2) is 5.99. The fraction of sp³-hybridized carbons (Fsp3) is 0.667. The Balaban J connectivity index is 2.08. The number of aromatic carboxylic acids is 1. The molecule has 1 fully saturated rings. The number of nitrogens with zero attached hydrogens (tertiary/aromatic N) is 2. The fourth-order valence-corrected chi connectivity index (χ4v) is 4.62. The van der Waals surface area contributed by atoms with E-state index in [0.29, 0.717) is 6.54 Å². The summed E-state index contributed by atoms with van der Waals surface area (Å²) in [4.78, 5) is 16.8. The van der Waals surface area contributed by atoms with Crippen LogP contribution in [0.2, 0.25) is 0 Å². The number of thiazole rings is 1. The van der Waals surface area contributed by atoms with Gasteiger partial charge in [0.15, 0.2) is 9.90 Å². The first-order chi connectivity index (χ1) is 9.73. The van der Waals surface area contributed by atoms with Gasteiger partial charge in [-0.15, -0.1) is 11.3 Å². The number of hydrogen-bond donors (Lipinski definition) is 2. The molecule has 1 aliphatic heterocycles. The predicted molar refractivity (Wildman–Crippen MR) is 79.1 cm³/mol. The Morgan fingerprint density at radius 3 is 2.71 bits per heavy atom. The molecular weight excluding hydrogens is 314 g/mol. The molecule has 7 nitrogen and oxygen atoms in total. The maximum atomic E-state index is 12.3. The molecule has 2 heterocycles. The highest BCUT2D eigenvalue weighted by atomic mass is 32.2. The molecular formula is C12H19N3O4S2. The van der Waals surface area contributed by atoms with Crippen molar-refractivity contribution in [2.24, 2.45) is 5.41 Å². The van der Waals surface area contributed by atoms with Crippen LogP contribution in [0.3, 0.4) is 0 Å². The van der Waals surface area contributed by atoms with Gasteiger partial charge in [0, 0.05) is 6.54 Å². The van der Waals surface area contributed by atoms with Crippen LogP contribution < -0.4 is 4.72 Å². The fourth-order valence-electron chi connectivity index (χ4n) is 2.24. The number of hydrogen-bond acceptors (Lipinski definition) is 6. The average molecular weight is 333 g/mol. The smallest absolute Gasteiger partial charge is 0.356 e. The summed E-state index contributed by atoms with van der Waals surface area (Å²) < 4.78 is 26.8. The molecule has 2 rings (SSSR count). The zero-order chi connectivity index (χ0) is 15.7. The number of aromatic nitrogens is 1. The van der Waals surface area contributed by atoms with E-state index in [4.69, 9.17) is 5.11 Å². The number of carbonyl (C=O) groups is 1. The van der Waals surface area contributed by atoms with Crippen LogP contribution in [0.5, 0.6) is 0 Å². The lowest BCUT2D eigenvalue weighted by atomic mass is 9.81. The Kier molecular flexibility index (Phi) is 4.66. The minimum Gasteiger partial charge on any atom is -0.476 e. The van der Waals surface area contributed by atoms with E-state index in [1.165, 1.54) is 5.51 Å². The van der Waals surface area contributed by atoms with Crippen LogP contribution in [0.1, 0.15) is 30.3 Å². The van der Waals surface area contributed by atoms with Gasteiger partial charge in [-0.3, -0.25) is 0 Å². The van der Waals surface area contributed by atoms with Gasteiger partial charge in [-0.1, -0.05) is 6.92 Å². The van der Waals surface area contributed by atoms with Gasteiger partial charge in [0.2, 0.25) is 0 Å². The first-order valence-electron chi connectivity index (χ1n) is 6.58.